The summed E-state index contributed by atoms with van der Waals surface area (Å²) in [4.78, 5) is 8.06. The van der Waals surface area contributed by atoms with Crippen LogP contribution in [0.25, 0.3) is 11.0 Å². The van der Waals surface area contributed by atoms with Gasteiger partial charge in [-0.15, -0.1) is 5.10 Å². The summed E-state index contributed by atoms with van der Waals surface area (Å²) < 4.78 is 46.8. The van der Waals surface area contributed by atoms with Gasteiger partial charge in [-0.25, -0.2) is 14.1 Å². The highest BCUT2D eigenvalue weighted by Crippen LogP contribution is 2.43. The van der Waals surface area contributed by atoms with Gasteiger partial charge in [0, 0.05) is 10.0 Å². The van der Waals surface area contributed by atoms with Crippen LogP contribution in [0.2, 0.25) is 10.0 Å². The summed E-state index contributed by atoms with van der Waals surface area (Å²) in [5, 5.41) is 11.0. The number of alkyl halides is 2. The monoisotopic (exact) mass is 438 g/mol. The van der Waals surface area contributed by atoms with E-state index in [9.17, 15) is 4.39 Å². The van der Waals surface area contributed by atoms with Crippen LogP contribution in [-0.2, 0) is 12.5 Å². The second-order valence-corrected chi connectivity index (χ2v) is 7.13. The smallest absolute Gasteiger partial charge is 0.252 e. The van der Waals surface area contributed by atoms with Crippen LogP contribution in [0.5, 0.6) is 0 Å². The van der Waals surface area contributed by atoms with Crippen molar-refractivity contribution in [3.8, 4) is 0 Å². The zero-order valence-electron chi connectivity index (χ0n) is 14.5. The highest BCUT2D eigenvalue weighted by atomic mass is 35.5. The standard InChI is InChI=1S/C18H11Cl2F3N6/c19-10-1-3-12(14(21)5-10)13(8-29-9-25-27-28-29)18(22,23)17-7-24-16-6-11(20)2-4-15(16)26-17/h1-7,9,13H,8H2. The second-order valence-electron chi connectivity index (χ2n) is 6.26. The fourth-order valence-corrected chi connectivity index (χ4v) is 3.29. The van der Waals surface area contributed by atoms with E-state index >= 15 is 8.78 Å². The van der Waals surface area contributed by atoms with Crippen LogP contribution in [0.3, 0.4) is 0 Å². The van der Waals surface area contributed by atoms with Gasteiger partial charge in [-0.3, -0.25) is 4.98 Å². The van der Waals surface area contributed by atoms with Gasteiger partial charge in [-0.1, -0.05) is 29.3 Å². The summed E-state index contributed by atoms with van der Waals surface area (Å²) in [6.07, 6.45) is 2.13. The van der Waals surface area contributed by atoms with Gasteiger partial charge in [-0.05, 0) is 46.3 Å². The highest BCUT2D eigenvalue weighted by Gasteiger charge is 2.45. The predicted octanol–water partition coefficient (Wildman–Crippen LogP) is 4.64. The van der Waals surface area contributed by atoms with E-state index in [0.717, 1.165) is 16.9 Å². The maximum atomic E-state index is 15.6. The molecule has 29 heavy (non-hydrogen) atoms. The number of rotatable bonds is 5. The number of nitrogens with zero attached hydrogens (tertiary/aromatic N) is 6. The lowest BCUT2D eigenvalue weighted by Gasteiger charge is -2.27. The largest absolute Gasteiger partial charge is 0.299 e. The molecule has 0 aliphatic heterocycles. The molecule has 2 heterocycles. The number of tetrazole rings is 1. The predicted molar refractivity (Wildman–Crippen MR) is 100 cm³/mol. The van der Waals surface area contributed by atoms with E-state index in [1.54, 1.807) is 0 Å². The molecule has 6 nitrogen and oxygen atoms in total. The molecule has 2 aromatic heterocycles. The van der Waals surface area contributed by atoms with Gasteiger partial charge in [0.05, 0.1) is 29.7 Å². The summed E-state index contributed by atoms with van der Waals surface area (Å²) >= 11 is 11.7. The number of hydrogen-bond donors (Lipinski definition) is 0. The fourth-order valence-electron chi connectivity index (χ4n) is 2.97. The molecular formula is C18H11Cl2F3N6. The van der Waals surface area contributed by atoms with E-state index in [4.69, 9.17) is 23.2 Å². The van der Waals surface area contributed by atoms with Crippen molar-refractivity contribution in [1.29, 1.82) is 0 Å². The zero-order chi connectivity index (χ0) is 20.6. The van der Waals surface area contributed by atoms with Crippen molar-refractivity contribution >= 4 is 34.2 Å². The third-order valence-electron chi connectivity index (χ3n) is 4.38. The van der Waals surface area contributed by atoms with Crippen LogP contribution < -0.4 is 0 Å². The summed E-state index contributed by atoms with van der Waals surface area (Å²) in [5.74, 6) is -6.13. The Labute approximate surface area is 172 Å². The first-order valence-electron chi connectivity index (χ1n) is 8.31. The van der Waals surface area contributed by atoms with Gasteiger partial charge in [-0.2, -0.15) is 8.78 Å². The Morgan fingerprint density at radius 3 is 2.52 bits per heavy atom. The van der Waals surface area contributed by atoms with Crippen molar-refractivity contribution in [2.24, 2.45) is 0 Å². The van der Waals surface area contributed by atoms with Crippen molar-refractivity contribution < 1.29 is 13.2 Å². The molecule has 0 bridgehead atoms. The third kappa shape index (κ3) is 3.88. The Kier molecular flexibility index (Phi) is 5.10. The molecule has 0 saturated carbocycles. The van der Waals surface area contributed by atoms with Crippen molar-refractivity contribution in [3.63, 3.8) is 0 Å². The highest BCUT2D eigenvalue weighted by molar-refractivity contribution is 6.31. The Balaban J connectivity index is 1.82. The summed E-state index contributed by atoms with van der Waals surface area (Å²) in [6.45, 7) is -0.390. The molecule has 0 saturated heterocycles. The molecule has 11 heteroatoms. The van der Waals surface area contributed by atoms with E-state index < -0.39 is 23.4 Å². The van der Waals surface area contributed by atoms with Crippen LogP contribution in [0.15, 0.2) is 48.9 Å². The van der Waals surface area contributed by atoms with Crippen molar-refractivity contribution in [3.05, 3.63) is 76.0 Å². The topological polar surface area (TPSA) is 69.4 Å². The van der Waals surface area contributed by atoms with Crippen LogP contribution in [-0.4, -0.2) is 30.2 Å². The van der Waals surface area contributed by atoms with Gasteiger partial charge >= 0.3 is 0 Å². The van der Waals surface area contributed by atoms with Crippen molar-refractivity contribution in [1.82, 2.24) is 30.2 Å². The molecule has 0 aliphatic rings. The lowest BCUT2D eigenvalue weighted by atomic mass is 9.90. The molecule has 0 N–H and O–H groups in total. The molecule has 4 aromatic rings. The zero-order valence-corrected chi connectivity index (χ0v) is 16.0. The molecule has 0 spiro atoms. The van der Waals surface area contributed by atoms with Gasteiger partial charge in [0.25, 0.3) is 5.92 Å². The second kappa shape index (κ2) is 7.57. The van der Waals surface area contributed by atoms with Gasteiger partial charge in [0.15, 0.2) is 0 Å². The molecule has 0 fully saturated rings. The summed E-state index contributed by atoms with van der Waals surface area (Å²) in [6, 6.07) is 8.07. The molecule has 1 unspecified atom stereocenters. The molecule has 1 atom stereocenters. The average Bonchev–Trinajstić information content (AvgIpc) is 3.19. The first-order valence-corrected chi connectivity index (χ1v) is 9.06. The van der Waals surface area contributed by atoms with E-state index in [2.05, 4.69) is 25.5 Å². The molecule has 2 aromatic carbocycles. The molecule has 148 valence electrons. The quantitative estimate of drug-likeness (QED) is 0.453. The lowest BCUT2D eigenvalue weighted by molar-refractivity contribution is -0.0455. The first kappa shape index (κ1) is 19.5. The van der Waals surface area contributed by atoms with Crippen LogP contribution in [0, 0.1) is 5.82 Å². The Morgan fingerprint density at radius 2 is 1.79 bits per heavy atom. The molecule has 0 radical (unpaired) electrons. The minimum atomic E-state index is -3.60. The molecule has 0 amide bonds. The lowest BCUT2D eigenvalue weighted by Crippen LogP contribution is -2.30. The van der Waals surface area contributed by atoms with Crippen molar-refractivity contribution in [2.45, 2.75) is 18.4 Å². The average molecular weight is 439 g/mol. The SMILES string of the molecule is Fc1cc(Cl)ccc1C(Cn1cnnn1)C(F)(F)c1cnc2cc(Cl)ccc2n1. The Bertz CT molecular complexity index is 1170. The minimum Gasteiger partial charge on any atom is -0.252 e. The minimum absolute atomic E-state index is 0.0955. The van der Waals surface area contributed by atoms with Gasteiger partial charge in [0.2, 0.25) is 0 Å². The number of halogens is 5. The normalized spacial score (nSPS) is 13.0. The maximum absolute atomic E-state index is 15.6. The van der Waals surface area contributed by atoms with Crippen LogP contribution >= 0.6 is 23.2 Å². The van der Waals surface area contributed by atoms with Crippen molar-refractivity contribution in [2.75, 3.05) is 0 Å². The fraction of sp³-hybridized carbons (Fsp3) is 0.167. The maximum Gasteiger partial charge on any atom is 0.299 e. The number of benzene rings is 2. The molecule has 4 rings (SSSR count). The van der Waals surface area contributed by atoms with E-state index in [1.807, 2.05) is 0 Å². The summed E-state index contributed by atoms with van der Waals surface area (Å²) in [7, 11) is 0. The third-order valence-corrected chi connectivity index (χ3v) is 4.85. The van der Waals surface area contributed by atoms with E-state index in [-0.39, 0.29) is 22.6 Å². The Hall–Kier alpha value is -2.78. The molecular weight excluding hydrogens is 428 g/mol. The number of aromatic nitrogens is 6. The number of fused-ring (bicyclic) bond motifs is 1. The number of hydrogen-bond acceptors (Lipinski definition) is 5. The molecule has 0 aliphatic carbocycles. The Morgan fingerprint density at radius 1 is 1.03 bits per heavy atom. The van der Waals surface area contributed by atoms with Crippen LogP contribution in [0.1, 0.15) is 17.2 Å². The van der Waals surface area contributed by atoms with E-state index in [1.165, 1.54) is 36.7 Å². The first-order chi connectivity index (χ1) is 13.8. The van der Waals surface area contributed by atoms with E-state index in [0.29, 0.717) is 10.5 Å². The van der Waals surface area contributed by atoms with Gasteiger partial charge in [0.1, 0.15) is 17.8 Å². The summed E-state index contributed by atoms with van der Waals surface area (Å²) in [5.41, 5.74) is -0.247. The van der Waals surface area contributed by atoms with Gasteiger partial charge < -0.3 is 0 Å². The van der Waals surface area contributed by atoms with Crippen LogP contribution in [0.4, 0.5) is 13.2 Å².